The number of nitro benzene ring substituents is 1. The van der Waals surface area contributed by atoms with Gasteiger partial charge in [0.05, 0.1) is 17.9 Å². The summed E-state index contributed by atoms with van der Waals surface area (Å²) in [4.78, 5) is 27.6. The number of nitro groups is 1. The first-order chi connectivity index (χ1) is 13.5. The third kappa shape index (κ3) is 5.50. The van der Waals surface area contributed by atoms with Crippen molar-refractivity contribution < 1.29 is 9.72 Å². The van der Waals surface area contributed by atoms with Gasteiger partial charge in [-0.3, -0.25) is 14.9 Å². The largest absolute Gasteiger partial charge is 0.337 e. The van der Waals surface area contributed by atoms with Crippen molar-refractivity contribution in [1.29, 1.82) is 0 Å². The summed E-state index contributed by atoms with van der Waals surface area (Å²) in [6, 6.07) is 20.4. The highest BCUT2D eigenvalue weighted by molar-refractivity contribution is 7.11. The summed E-state index contributed by atoms with van der Waals surface area (Å²) in [5.41, 5.74) is 2.01. The van der Waals surface area contributed by atoms with Gasteiger partial charge < -0.3 is 4.90 Å². The van der Waals surface area contributed by atoms with Crippen LogP contribution in [0.2, 0.25) is 0 Å². The number of rotatable bonds is 8. The highest BCUT2D eigenvalue weighted by atomic mass is 32.1. The van der Waals surface area contributed by atoms with Crippen LogP contribution in [0.4, 0.5) is 5.69 Å². The standard InChI is InChI=1S/C22H22N2O3S/c1-17-7-12-21(28-17)16-23(14-13-18-5-3-2-4-6-18)22(25)15-19-8-10-20(11-9-19)24(26)27/h2-12H,13-16H2,1H3. The van der Waals surface area contributed by atoms with Gasteiger partial charge in [0.25, 0.3) is 5.69 Å². The van der Waals surface area contributed by atoms with Gasteiger partial charge in [0.2, 0.25) is 5.91 Å². The Morgan fingerprint density at radius 2 is 1.71 bits per heavy atom. The van der Waals surface area contributed by atoms with Gasteiger partial charge in [0, 0.05) is 28.4 Å². The summed E-state index contributed by atoms with van der Waals surface area (Å²) >= 11 is 1.70. The molecule has 5 nitrogen and oxygen atoms in total. The predicted octanol–water partition coefficient (Wildman–Crippen LogP) is 4.78. The van der Waals surface area contributed by atoms with Crippen LogP contribution in [0.15, 0.2) is 66.7 Å². The van der Waals surface area contributed by atoms with Crippen molar-refractivity contribution in [3.8, 4) is 0 Å². The number of aryl methyl sites for hydroxylation is 1. The minimum absolute atomic E-state index is 0.0239. The fourth-order valence-electron chi connectivity index (χ4n) is 2.98. The maximum Gasteiger partial charge on any atom is 0.269 e. The molecule has 0 radical (unpaired) electrons. The van der Waals surface area contributed by atoms with Gasteiger partial charge in [0.15, 0.2) is 0 Å². The van der Waals surface area contributed by atoms with E-state index in [2.05, 4.69) is 31.2 Å². The van der Waals surface area contributed by atoms with Gasteiger partial charge in [-0.2, -0.15) is 0 Å². The fourth-order valence-corrected chi connectivity index (χ4v) is 3.89. The molecule has 0 aliphatic rings. The molecule has 2 aromatic carbocycles. The smallest absolute Gasteiger partial charge is 0.269 e. The van der Waals surface area contributed by atoms with E-state index in [-0.39, 0.29) is 18.0 Å². The molecule has 3 aromatic rings. The number of carbonyl (C=O) groups is 1. The molecule has 0 N–H and O–H groups in total. The molecule has 0 unspecified atom stereocenters. The van der Waals surface area contributed by atoms with Crippen molar-refractivity contribution in [1.82, 2.24) is 4.90 Å². The number of benzene rings is 2. The zero-order valence-corrected chi connectivity index (χ0v) is 16.5. The van der Waals surface area contributed by atoms with Crippen LogP contribution in [0.1, 0.15) is 20.9 Å². The average Bonchev–Trinajstić information content (AvgIpc) is 3.11. The number of nitrogens with zero attached hydrogens (tertiary/aromatic N) is 2. The molecule has 0 saturated carbocycles. The Hall–Kier alpha value is -2.99. The quantitative estimate of drug-likeness (QED) is 0.408. The molecule has 144 valence electrons. The first kappa shape index (κ1) is 19.8. The lowest BCUT2D eigenvalue weighted by Gasteiger charge is -2.22. The van der Waals surface area contributed by atoms with E-state index in [1.54, 1.807) is 23.5 Å². The monoisotopic (exact) mass is 394 g/mol. The highest BCUT2D eigenvalue weighted by Crippen LogP contribution is 2.19. The van der Waals surface area contributed by atoms with Crippen LogP contribution in [0.25, 0.3) is 0 Å². The molecule has 0 aliphatic heterocycles. The Morgan fingerprint density at radius 1 is 1.00 bits per heavy atom. The van der Waals surface area contributed by atoms with E-state index in [4.69, 9.17) is 0 Å². The number of thiophene rings is 1. The number of hydrogen-bond donors (Lipinski definition) is 0. The Labute approximate surface area is 168 Å². The van der Waals surface area contributed by atoms with Crippen LogP contribution in [-0.2, 0) is 24.2 Å². The normalized spacial score (nSPS) is 10.6. The molecule has 0 spiro atoms. The summed E-state index contributed by atoms with van der Waals surface area (Å²) in [7, 11) is 0. The zero-order chi connectivity index (χ0) is 19.9. The lowest BCUT2D eigenvalue weighted by Crippen LogP contribution is -2.33. The molecule has 0 aliphatic carbocycles. The molecule has 3 rings (SSSR count). The number of amides is 1. The van der Waals surface area contributed by atoms with Gasteiger partial charge in [-0.25, -0.2) is 0 Å². The Morgan fingerprint density at radius 3 is 2.32 bits per heavy atom. The second-order valence-corrected chi connectivity index (χ2v) is 8.04. The molecule has 0 atom stereocenters. The third-order valence-electron chi connectivity index (χ3n) is 4.51. The molecular weight excluding hydrogens is 372 g/mol. The molecule has 1 amide bonds. The summed E-state index contributed by atoms with van der Waals surface area (Å²) in [6.45, 7) is 3.27. The molecule has 6 heteroatoms. The van der Waals surface area contributed by atoms with Crippen molar-refractivity contribution in [2.24, 2.45) is 0 Å². The van der Waals surface area contributed by atoms with E-state index in [1.165, 1.54) is 22.6 Å². The van der Waals surface area contributed by atoms with Crippen LogP contribution in [0.5, 0.6) is 0 Å². The molecule has 1 aromatic heterocycles. The molecule has 28 heavy (non-hydrogen) atoms. The van der Waals surface area contributed by atoms with Gasteiger partial charge in [-0.15, -0.1) is 11.3 Å². The van der Waals surface area contributed by atoms with Crippen LogP contribution >= 0.6 is 11.3 Å². The maximum absolute atomic E-state index is 13.0. The van der Waals surface area contributed by atoms with E-state index in [1.807, 2.05) is 23.1 Å². The van der Waals surface area contributed by atoms with Gasteiger partial charge in [0.1, 0.15) is 0 Å². The van der Waals surface area contributed by atoms with Crippen LogP contribution in [0, 0.1) is 17.0 Å². The summed E-state index contributed by atoms with van der Waals surface area (Å²) < 4.78 is 0. The van der Waals surface area contributed by atoms with Crippen LogP contribution in [0.3, 0.4) is 0 Å². The average molecular weight is 394 g/mol. The second kappa shape index (κ2) is 9.28. The molecule has 1 heterocycles. The molecule has 0 saturated heterocycles. The third-order valence-corrected chi connectivity index (χ3v) is 5.50. The van der Waals surface area contributed by atoms with Crippen molar-refractivity contribution >= 4 is 22.9 Å². The van der Waals surface area contributed by atoms with Crippen molar-refractivity contribution in [3.05, 3.63) is 97.7 Å². The van der Waals surface area contributed by atoms with E-state index in [9.17, 15) is 14.9 Å². The van der Waals surface area contributed by atoms with Gasteiger partial charge >= 0.3 is 0 Å². The van der Waals surface area contributed by atoms with E-state index >= 15 is 0 Å². The Bertz CT molecular complexity index is 936. The number of hydrogen-bond acceptors (Lipinski definition) is 4. The summed E-state index contributed by atoms with van der Waals surface area (Å²) in [5, 5.41) is 10.8. The predicted molar refractivity (Wildman–Crippen MR) is 111 cm³/mol. The van der Waals surface area contributed by atoms with E-state index in [0.29, 0.717) is 13.1 Å². The number of non-ortho nitro benzene ring substituents is 1. The van der Waals surface area contributed by atoms with Crippen LogP contribution < -0.4 is 0 Å². The SMILES string of the molecule is Cc1ccc(CN(CCc2ccccc2)C(=O)Cc2ccc([N+](=O)[O-])cc2)s1. The summed E-state index contributed by atoms with van der Waals surface area (Å²) in [5.74, 6) is 0.0239. The van der Waals surface area contributed by atoms with Crippen LogP contribution in [-0.4, -0.2) is 22.3 Å². The molecule has 0 bridgehead atoms. The highest BCUT2D eigenvalue weighted by Gasteiger charge is 2.16. The Kier molecular flexibility index (Phi) is 6.55. The first-order valence-corrected chi connectivity index (χ1v) is 9.93. The van der Waals surface area contributed by atoms with E-state index < -0.39 is 4.92 Å². The maximum atomic E-state index is 13.0. The first-order valence-electron chi connectivity index (χ1n) is 9.11. The van der Waals surface area contributed by atoms with Crippen molar-refractivity contribution in [2.45, 2.75) is 26.3 Å². The van der Waals surface area contributed by atoms with Gasteiger partial charge in [-0.1, -0.05) is 42.5 Å². The zero-order valence-electron chi connectivity index (χ0n) is 15.7. The fraction of sp³-hybridized carbons (Fsp3) is 0.227. The number of carbonyl (C=O) groups excluding carboxylic acids is 1. The lowest BCUT2D eigenvalue weighted by molar-refractivity contribution is -0.384. The van der Waals surface area contributed by atoms with Crippen molar-refractivity contribution in [2.75, 3.05) is 6.54 Å². The second-order valence-electron chi connectivity index (χ2n) is 6.66. The molecular formula is C22H22N2O3S. The molecule has 0 fully saturated rings. The Balaban J connectivity index is 1.70. The lowest BCUT2D eigenvalue weighted by atomic mass is 10.1. The van der Waals surface area contributed by atoms with E-state index in [0.717, 1.165) is 16.9 Å². The minimum Gasteiger partial charge on any atom is -0.337 e. The van der Waals surface area contributed by atoms with Crippen molar-refractivity contribution in [3.63, 3.8) is 0 Å². The minimum atomic E-state index is -0.434. The topological polar surface area (TPSA) is 63.5 Å². The summed E-state index contributed by atoms with van der Waals surface area (Å²) in [6.07, 6.45) is 1.02. The van der Waals surface area contributed by atoms with Gasteiger partial charge in [-0.05, 0) is 36.6 Å².